The number of aryl methyl sites for hydroxylation is 1. The van der Waals surface area contributed by atoms with Crippen LogP contribution in [-0.2, 0) is 24.4 Å². The third kappa shape index (κ3) is 4.54. The molecule has 0 radical (unpaired) electrons. The molecule has 1 aliphatic carbocycles. The van der Waals surface area contributed by atoms with Crippen LogP contribution in [0.5, 0.6) is 0 Å². The Morgan fingerprint density at radius 2 is 2.25 bits per heavy atom. The SMILES string of the molecule is CS[C@@H](C)CCN1CCCn2nc(CNC(=O)C3CCC3)cc2C1. The third-order valence-electron chi connectivity index (χ3n) is 5.32. The molecule has 1 N–H and O–H groups in total. The quantitative estimate of drug-likeness (QED) is 0.821. The smallest absolute Gasteiger partial charge is 0.223 e. The molecule has 1 aromatic rings. The van der Waals surface area contributed by atoms with E-state index in [1.54, 1.807) is 0 Å². The van der Waals surface area contributed by atoms with Crippen molar-refractivity contribution in [2.24, 2.45) is 5.92 Å². The van der Waals surface area contributed by atoms with Crippen LogP contribution < -0.4 is 5.32 Å². The molecule has 2 heterocycles. The highest BCUT2D eigenvalue weighted by Gasteiger charge is 2.25. The first-order valence-electron chi connectivity index (χ1n) is 9.24. The maximum absolute atomic E-state index is 12.0. The maximum Gasteiger partial charge on any atom is 0.223 e. The molecule has 24 heavy (non-hydrogen) atoms. The fourth-order valence-electron chi connectivity index (χ4n) is 3.34. The van der Waals surface area contributed by atoms with Crippen molar-refractivity contribution in [2.75, 3.05) is 19.3 Å². The van der Waals surface area contributed by atoms with E-state index < -0.39 is 0 Å². The molecule has 6 heteroatoms. The summed E-state index contributed by atoms with van der Waals surface area (Å²) >= 11 is 1.94. The van der Waals surface area contributed by atoms with Gasteiger partial charge in [-0.05, 0) is 44.6 Å². The number of nitrogens with zero attached hydrogens (tertiary/aromatic N) is 3. The number of fused-ring (bicyclic) bond motifs is 1. The van der Waals surface area contributed by atoms with Gasteiger partial charge in [0.15, 0.2) is 0 Å². The second-order valence-electron chi connectivity index (χ2n) is 7.16. The number of nitrogens with one attached hydrogen (secondary N) is 1. The third-order valence-corrected chi connectivity index (χ3v) is 6.36. The van der Waals surface area contributed by atoms with Crippen LogP contribution in [0.4, 0.5) is 0 Å². The van der Waals surface area contributed by atoms with Gasteiger partial charge in [-0.3, -0.25) is 14.4 Å². The molecule has 134 valence electrons. The lowest BCUT2D eigenvalue weighted by atomic mass is 9.85. The summed E-state index contributed by atoms with van der Waals surface area (Å²) in [5, 5.41) is 8.47. The first kappa shape index (κ1) is 17.8. The number of carbonyl (C=O) groups is 1. The topological polar surface area (TPSA) is 50.2 Å². The van der Waals surface area contributed by atoms with Gasteiger partial charge in [-0.15, -0.1) is 0 Å². The molecule has 0 spiro atoms. The van der Waals surface area contributed by atoms with E-state index >= 15 is 0 Å². The summed E-state index contributed by atoms with van der Waals surface area (Å²) < 4.78 is 2.14. The van der Waals surface area contributed by atoms with Crippen molar-refractivity contribution in [1.82, 2.24) is 20.0 Å². The minimum atomic E-state index is 0.206. The molecule has 1 fully saturated rings. The average molecular weight is 351 g/mol. The van der Waals surface area contributed by atoms with E-state index in [4.69, 9.17) is 5.10 Å². The lowest BCUT2D eigenvalue weighted by Gasteiger charge is -2.23. The van der Waals surface area contributed by atoms with Gasteiger partial charge in [0.1, 0.15) is 0 Å². The van der Waals surface area contributed by atoms with E-state index in [2.05, 4.69) is 34.1 Å². The number of aromatic nitrogens is 2. The summed E-state index contributed by atoms with van der Waals surface area (Å²) in [5.74, 6) is 0.455. The van der Waals surface area contributed by atoms with Gasteiger partial charge < -0.3 is 5.32 Å². The van der Waals surface area contributed by atoms with Crippen molar-refractivity contribution in [3.05, 3.63) is 17.5 Å². The maximum atomic E-state index is 12.0. The van der Waals surface area contributed by atoms with Gasteiger partial charge in [0, 0.05) is 30.8 Å². The monoisotopic (exact) mass is 350 g/mol. The Morgan fingerprint density at radius 3 is 2.96 bits per heavy atom. The lowest BCUT2D eigenvalue weighted by molar-refractivity contribution is -0.127. The largest absolute Gasteiger partial charge is 0.350 e. The Morgan fingerprint density at radius 1 is 1.42 bits per heavy atom. The van der Waals surface area contributed by atoms with E-state index in [0.29, 0.717) is 6.54 Å². The van der Waals surface area contributed by atoms with Crippen LogP contribution >= 0.6 is 11.8 Å². The molecular formula is C18H30N4OS. The normalized spacial score (nSPS) is 20.1. The van der Waals surface area contributed by atoms with Gasteiger partial charge in [0.25, 0.3) is 0 Å². The van der Waals surface area contributed by atoms with Gasteiger partial charge in [-0.25, -0.2) is 0 Å². The molecule has 1 aliphatic heterocycles. The van der Waals surface area contributed by atoms with Crippen LogP contribution in [-0.4, -0.2) is 45.2 Å². The van der Waals surface area contributed by atoms with Crippen LogP contribution in [0, 0.1) is 5.92 Å². The molecular weight excluding hydrogens is 320 g/mol. The minimum absolute atomic E-state index is 0.206. The van der Waals surface area contributed by atoms with Crippen molar-refractivity contribution < 1.29 is 4.79 Å². The summed E-state index contributed by atoms with van der Waals surface area (Å²) in [6, 6.07) is 2.18. The molecule has 1 aromatic heterocycles. The van der Waals surface area contributed by atoms with Gasteiger partial charge >= 0.3 is 0 Å². The molecule has 1 atom stereocenters. The van der Waals surface area contributed by atoms with E-state index in [-0.39, 0.29) is 11.8 Å². The van der Waals surface area contributed by atoms with E-state index in [1.807, 2.05) is 11.8 Å². The first-order valence-corrected chi connectivity index (χ1v) is 10.5. The Bertz CT molecular complexity index is 555. The highest BCUT2D eigenvalue weighted by molar-refractivity contribution is 7.99. The zero-order chi connectivity index (χ0) is 16.9. The highest BCUT2D eigenvalue weighted by Crippen LogP contribution is 2.26. The Kier molecular flexibility index (Phi) is 6.22. The number of amides is 1. The standard InChI is InChI=1S/C18H30N4OS/c1-14(24-2)7-10-21-8-4-9-22-17(13-21)11-16(20-22)12-19-18(23)15-5-3-6-15/h11,14-15H,3-10,12-13H2,1-2H3,(H,19,23)/t14-/m0/s1. The molecule has 0 saturated heterocycles. The van der Waals surface area contributed by atoms with E-state index in [0.717, 1.165) is 56.4 Å². The number of hydrogen-bond acceptors (Lipinski definition) is 4. The zero-order valence-electron chi connectivity index (χ0n) is 15.0. The minimum Gasteiger partial charge on any atom is -0.350 e. The molecule has 1 saturated carbocycles. The predicted octanol–water partition coefficient (Wildman–Crippen LogP) is 2.65. The molecule has 0 aromatic carbocycles. The Hall–Kier alpha value is -1.01. The van der Waals surface area contributed by atoms with Crippen molar-refractivity contribution in [1.29, 1.82) is 0 Å². The van der Waals surface area contributed by atoms with Gasteiger partial charge in [-0.1, -0.05) is 13.3 Å². The number of carbonyl (C=O) groups excluding carboxylic acids is 1. The molecule has 3 rings (SSSR count). The molecule has 0 bridgehead atoms. The number of hydrogen-bond donors (Lipinski definition) is 1. The number of rotatable bonds is 7. The second-order valence-corrected chi connectivity index (χ2v) is 8.44. The van der Waals surface area contributed by atoms with Crippen LogP contribution in [0.1, 0.15) is 50.4 Å². The average Bonchev–Trinajstić information content (AvgIpc) is 2.80. The highest BCUT2D eigenvalue weighted by atomic mass is 32.2. The number of thioether (sulfide) groups is 1. The second kappa shape index (κ2) is 8.39. The summed E-state index contributed by atoms with van der Waals surface area (Å²) in [4.78, 5) is 14.5. The van der Waals surface area contributed by atoms with Crippen LogP contribution in [0.25, 0.3) is 0 Å². The molecule has 1 amide bonds. The van der Waals surface area contributed by atoms with Crippen molar-refractivity contribution in [3.63, 3.8) is 0 Å². The predicted molar refractivity (Wildman–Crippen MR) is 98.9 cm³/mol. The van der Waals surface area contributed by atoms with E-state index in [9.17, 15) is 4.79 Å². The van der Waals surface area contributed by atoms with Gasteiger partial charge in [0.05, 0.1) is 17.9 Å². The van der Waals surface area contributed by atoms with Crippen LogP contribution in [0.2, 0.25) is 0 Å². The summed E-state index contributed by atoms with van der Waals surface area (Å²) in [7, 11) is 0. The lowest BCUT2D eigenvalue weighted by Crippen LogP contribution is -2.34. The first-order chi connectivity index (χ1) is 11.7. The summed E-state index contributed by atoms with van der Waals surface area (Å²) in [6.07, 6.45) is 7.87. The van der Waals surface area contributed by atoms with Crippen LogP contribution in [0.15, 0.2) is 6.07 Å². The fraction of sp³-hybridized carbons (Fsp3) is 0.778. The van der Waals surface area contributed by atoms with Gasteiger partial charge in [0.2, 0.25) is 5.91 Å². The Labute approximate surface area is 149 Å². The summed E-state index contributed by atoms with van der Waals surface area (Å²) in [5.41, 5.74) is 2.29. The van der Waals surface area contributed by atoms with E-state index in [1.165, 1.54) is 18.5 Å². The van der Waals surface area contributed by atoms with Crippen molar-refractivity contribution >= 4 is 17.7 Å². The van der Waals surface area contributed by atoms with Gasteiger partial charge in [-0.2, -0.15) is 16.9 Å². The fourth-order valence-corrected chi connectivity index (χ4v) is 3.68. The van der Waals surface area contributed by atoms with Crippen molar-refractivity contribution in [3.8, 4) is 0 Å². The zero-order valence-corrected chi connectivity index (χ0v) is 15.8. The summed E-state index contributed by atoms with van der Waals surface area (Å²) in [6.45, 7) is 7.14. The molecule has 2 aliphatic rings. The van der Waals surface area contributed by atoms with Crippen molar-refractivity contribution in [2.45, 2.75) is 63.9 Å². The Balaban J connectivity index is 1.52. The van der Waals surface area contributed by atoms with Crippen LogP contribution in [0.3, 0.4) is 0 Å². The molecule has 5 nitrogen and oxygen atoms in total. The molecule has 0 unspecified atom stereocenters.